The first-order valence-electron chi connectivity index (χ1n) is 14.8. The summed E-state index contributed by atoms with van der Waals surface area (Å²) in [5.74, 6) is 0.0627. The van der Waals surface area contributed by atoms with E-state index >= 15 is 0 Å². The fourth-order valence-corrected chi connectivity index (χ4v) is 5.61. The number of hydrogen-bond acceptors (Lipinski definition) is 4. The summed E-state index contributed by atoms with van der Waals surface area (Å²) in [7, 11) is 0. The monoisotopic (exact) mass is 549 g/mol. The SMILES string of the molecule is CCOC(=O)c1cc(-c2ccc(C3CCCCC3)cc2)n(-c2ccc(C(=O)NC(C)CCc3ccccc3)cc2)n1. The molecular weight excluding hydrogens is 510 g/mol. The number of benzene rings is 3. The molecule has 212 valence electrons. The van der Waals surface area contributed by atoms with Gasteiger partial charge < -0.3 is 10.1 Å². The first-order valence-corrected chi connectivity index (χ1v) is 14.8. The van der Waals surface area contributed by atoms with E-state index < -0.39 is 5.97 Å². The van der Waals surface area contributed by atoms with Crippen molar-refractivity contribution in [3.8, 4) is 16.9 Å². The molecule has 1 aliphatic rings. The predicted octanol–water partition coefficient (Wildman–Crippen LogP) is 7.51. The van der Waals surface area contributed by atoms with Crippen LogP contribution >= 0.6 is 0 Å². The van der Waals surface area contributed by atoms with E-state index in [2.05, 4.69) is 46.8 Å². The van der Waals surface area contributed by atoms with Gasteiger partial charge in [-0.25, -0.2) is 9.48 Å². The molecule has 1 atom stereocenters. The van der Waals surface area contributed by atoms with Crippen molar-refractivity contribution in [2.75, 3.05) is 6.61 Å². The molecule has 1 saturated carbocycles. The Morgan fingerprint density at radius 2 is 1.66 bits per heavy atom. The average molecular weight is 550 g/mol. The molecule has 4 aromatic rings. The molecule has 1 aliphatic carbocycles. The standard InChI is InChI=1S/C35H39N3O3/c1-3-41-35(40)32-24-33(29-18-16-28(17-19-29)27-12-8-5-9-13-27)38(37-32)31-22-20-30(21-23-31)34(39)36-25(2)14-15-26-10-6-4-7-11-26/h4,6-7,10-11,16-25,27H,3,5,8-9,12-15H2,1-2H3,(H,36,39). The molecule has 0 bridgehead atoms. The van der Waals surface area contributed by atoms with Crippen molar-refractivity contribution in [3.05, 3.63) is 107 Å². The van der Waals surface area contributed by atoms with Crippen LogP contribution in [0.25, 0.3) is 16.9 Å². The Morgan fingerprint density at radius 3 is 2.34 bits per heavy atom. The summed E-state index contributed by atoms with van der Waals surface area (Å²) in [6.45, 7) is 4.10. The van der Waals surface area contributed by atoms with Crippen LogP contribution in [-0.2, 0) is 11.2 Å². The van der Waals surface area contributed by atoms with Gasteiger partial charge in [-0.1, -0.05) is 73.9 Å². The fraction of sp³-hybridized carbons (Fsp3) is 0.343. The number of nitrogens with one attached hydrogen (secondary N) is 1. The van der Waals surface area contributed by atoms with E-state index in [4.69, 9.17) is 4.74 Å². The third kappa shape index (κ3) is 7.12. The number of esters is 1. The van der Waals surface area contributed by atoms with Gasteiger partial charge in [0.15, 0.2) is 5.69 Å². The van der Waals surface area contributed by atoms with Gasteiger partial charge in [-0.3, -0.25) is 4.79 Å². The zero-order valence-electron chi connectivity index (χ0n) is 24.0. The lowest BCUT2D eigenvalue weighted by molar-refractivity contribution is 0.0518. The van der Waals surface area contributed by atoms with Gasteiger partial charge in [0.2, 0.25) is 0 Å². The zero-order valence-corrected chi connectivity index (χ0v) is 24.0. The summed E-state index contributed by atoms with van der Waals surface area (Å²) in [6.07, 6.45) is 8.18. The van der Waals surface area contributed by atoms with E-state index in [1.165, 1.54) is 43.2 Å². The number of hydrogen-bond donors (Lipinski definition) is 1. The van der Waals surface area contributed by atoms with Crippen molar-refractivity contribution < 1.29 is 14.3 Å². The van der Waals surface area contributed by atoms with E-state index in [-0.39, 0.29) is 24.2 Å². The minimum atomic E-state index is -0.452. The Labute approximate surface area is 242 Å². The molecule has 1 fully saturated rings. The summed E-state index contributed by atoms with van der Waals surface area (Å²) in [5.41, 5.74) is 6.01. The van der Waals surface area contributed by atoms with Crippen molar-refractivity contribution in [2.45, 2.75) is 70.8 Å². The largest absolute Gasteiger partial charge is 0.461 e. The lowest BCUT2D eigenvalue weighted by atomic mass is 9.84. The maximum atomic E-state index is 12.9. The summed E-state index contributed by atoms with van der Waals surface area (Å²) in [6, 6.07) is 28.1. The van der Waals surface area contributed by atoms with E-state index in [0.717, 1.165) is 29.8 Å². The molecule has 3 aromatic carbocycles. The van der Waals surface area contributed by atoms with Gasteiger partial charge in [0, 0.05) is 17.2 Å². The molecule has 1 N–H and O–H groups in total. The second-order valence-electron chi connectivity index (χ2n) is 10.9. The van der Waals surface area contributed by atoms with E-state index in [1.807, 2.05) is 37.3 Å². The molecular formula is C35H39N3O3. The van der Waals surface area contributed by atoms with Gasteiger partial charge in [0.1, 0.15) is 0 Å². The summed E-state index contributed by atoms with van der Waals surface area (Å²) < 4.78 is 6.99. The average Bonchev–Trinajstić information content (AvgIpc) is 3.47. The van der Waals surface area contributed by atoms with Crippen LogP contribution in [0.1, 0.15) is 90.3 Å². The molecule has 0 aliphatic heterocycles. The van der Waals surface area contributed by atoms with Crippen LogP contribution < -0.4 is 5.32 Å². The maximum Gasteiger partial charge on any atom is 0.358 e. The Bertz CT molecular complexity index is 1440. The number of ether oxygens (including phenoxy) is 1. The first-order chi connectivity index (χ1) is 20.0. The fourth-order valence-electron chi connectivity index (χ4n) is 5.61. The summed E-state index contributed by atoms with van der Waals surface area (Å²) in [5, 5.41) is 7.71. The predicted molar refractivity (Wildman–Crippen MR) is 162 cm³/mol. The molecule has 5 rings (SSSR count). The highest BCUT2D eigenvalue weighted by Gasteiger charge is 2.20. The van der Waals surface area contributed by atoms with Gasteiger partial charge in [-0.15, -0.1) is 0 Å². The van der Waals surface area contributed by atoms with E-state index in [0.29, 0.717) is 11.5 Å². The van der Waals surface area contributed by atoms with Crippen LogP contribution in [0.4, 0.5) is 0 Å². The molecule has 1 heterocycles. The third-order valence-corrected chi connectivity index (χ3v) is 7.94. The molecule has 0 saturated heterocycles. The Balaban J connectivity index is 1.33. The van der Waals surface area contributed by atoms with E-state index in [9.17, 15) is 9.59 Å². The van der Waals surface area contributed by atoms with Crippen LogP contribution in [0.5, 0.6) is 0 Å². The second kappa shape index (κ2) is 13.4. The highest BCUT2D eigenvalue weighted by molar-refractivity contribution is 5.94. The van der Waals surface area contributed by atoms with Crippen molar-refractivity contribution in [1.82, 2.24) is 15.1 Å². The number of amides is 1. The summed E-state index contributed by atoms with van der Waals surface area (Å²) in [4.78, 5) is 25.5. The molecule has 41 heavy (non-hydrogen) atoms. The van der Waals surface area contributed by atoms with Crippen LogP contribution in [0.2, 0.25) is 0 Å². The quantitative estimate of drug-likeness (QED) is 0.208. The molecule has 6 nitrogen and oxygen atoms in total. The molecule has 1 aromatic heterocycles. The molecule has 1 unspecified atom stereocenters. The van der Waals surface area contributed by atoms with Crippen LogP contribution in [0.15, 0.2) is 84.9 Å². The number of aromatic nitrogens is 2. The van der Waals surface area contributed by atoms with E-state index in [1.54, 1.807) is 29.8 Å². The number of carbonyl (C=O) groups is 2. The molecule has 0 spiro atoms. The number of nitrogens with zero attached hydrogens (tertiary/aromatic N) is 2. The molecule has 1 amide bonds. The molecule has 6 heteroatoms. The topological polar surface area (TPSA) is 73.2 Å². The maximum absolute atomic E-state index is 12.9. The summed E-state index contributed by atoms with van der Waals surface area (Å²) >= 11 is 0. The number of carbonyl (C=O) groups excluding carboxylic acids is 2. The van der Waals surface area contributed by atoms with Crippen LogP contribution in [0, 0.1) is 0 Å². The number of aryl methyl sites for hydroxylation is 1. The second-order valence-corrected chi connectivity index (χ2v) is 10.9. The van der Waals surface area contributed by atoms with Gasteiger partial charge in [0.25, 0.3) is 5.91 Å². The van der Waals surface area contributed by atoms with Gasteiger partial charge in [-0.05, 0) is 86.9 Å². The smallest absolute Gasteiger partial charge is 0.358 e. The highest BCUT2D eigenvalue weighted by Crippen LogP contribution is 2.34. The van der Waals surface area contributed by atoms with Gasteiger partial charge in [-0.2, -0.15) is 5.10 Å². The minimum Gasteiger partial charge on any atom is -0.461 e. The van der Waals surface area contributed by atoms with Crippen LogP contribution in [-0.4, -0.2) is 34.3 Å². The van der Waals surface area contributed by atoms with Gasteiger partial charge >= 0.3 is 5.97 Å². The van der Waals surface area contributed by atoms with Crippen molar-refractivity contribution in [1.29, 1.82) is 0 Å². The minimum absolute atomic E-state index is 0.0452. The molecule has 0 radical (unpaired) electrons. The zero-order chi connectivity index (χ0) is 28.6. The Hall–Kier alpha value is -4.19. The van der Waals surface area contributed by atoms with Crippen LogP contribution in [0.3, 0.4) is 0 Å². The lowest BCUT2D eigenvalue weighted by Crippen LogP contribution is -2.32. The van der Waals surface area contributed by atoms with Crippen molar-refractivity contribution >= 4 is 11.9 Å². The van der Waals surface area contributed by atoms with Crippen molar-refractivity contribution in [2.24, 2.45) is 0 Å². The van der Waals surface area contributed by atoms with Gasteiger partial charge in [0.05, 0.1) is 18.0 Å². The number of rotatable bonds is 10. The third-order valence-electron chi connectivity index (χ3n) is 7.94. The normalized spacial score (nSPS) is 14.4. The first kappa shape index (κ1) is 28.3. The van der Waals surface area contributed by atoms with Crippen molar-refractivity contribution in [3.63, 3.8) is 0 Å². The lowest BCUT2D eigenvalue weighted by Gasteiger charge is -2.22. The highest BCUT2D eigenvalue weighted by atomic mass is 16.5. The Morgan fingerprint density at radius 1 is 0.951 bits per heavy atom. The Kier molecular flexibility index (Phi) is 9.29.